The third kappa shape index (κ3) is 7.40. The molecule has 0 bridgehead atoms. The number of unbranched alkanes of at least 4 members (excludes halogenated alkanes) is 7. The maximum atomic E-state index is 13.5. The van der Waals surface area contributed by atoms with Crippen LogP contribution >= 0.6 is 0 Å². The Labute approximate surface area is 169 Å². The van der Waals surface area contributed by atoms with Crippen LogP contribution in [0.3, 0.4) is 0 Å². The lowest BCUT2D eigenvalue weighted by molar-refractivity contribution is -0.870. The molecule has 0 unspecified atom stereocenters. The van der Waals surface area contributed by atoms with Gasteiger partial charge in [0.15, 0.2) is 0 Å². The molecule has 0 radical (unpaired) electrons. The molecule has 0 aliphatic rings. The largest absolute Gasteiger partial charge is 0.460 e. The number of alkyl halides is 11. The van der Waals surface area contributed by atoms with Gasteiger partial charge in [0.2, 0.25) is 0 Å². The molecular weight excluding hydrogens is 439 g/mol. The third-order valence-electron chi connectivity index (χ3n) is 4.67. The lowest BCUT2D eigenvalue weighted by atomic mass is 9.94. The summed E-state index contributed by atoms with van der Waals surface area (Å²) in [6, 6.07) is 0. The van der Waals surface area contributed by atoms with Crippen molar-refractivity contribution in [3.8, 4) is 0 Å². The Morgan fingerprint density at radius 1 is 0.467 bits per heavy atom. The van der Waals surface area contributed by atoms with Crippen LogP contribution in [0, 0.1) is 0 Å². The Hall–Kier alpha value is -0.810. The molecule has 0 heterocycles. The van der Waals surface area contributed by atoms with Gasteiger partial charge in [-0.2, -0.15) is 48.3 Å². The average Bonchev–Trinajstić information content (AvgIpc) is 2.53. The molecule has 0 aromatic rings. The zero-order valence-electron chi connectivity index (χ0n) is 17.2. The molecule has 0 rings (SSSR count). The highest BCUT2D eigenvalue weighted by molar-refractivity contribution is 5.06. The Morgan fingerprint density at radius 3 is 1.20 bits per heavy atom. The van der Waals surface area contributed by atoms with Crippen molar-refractivity contribution in [3.05, 3.63) is 0 Å². The van der Waals surface area contributed by atoms with Gasteiger partial charge in [0, 0.05) is 6.42 Å². The van der Waals surface area contributed by atoms with E-state index in [4.69, 9.17) is 0 Å². The molecule has 0 fully saturated rings. The molecule has 0 N–H and O–H groups in total. The van der Waals surface area contributed by atoms with Gasteiger partial charge in [-0.15, -0.1) is 0 Å². The fourth-order valence-electron chi connectivity index (χ4n) is 2.76. The van der Waals surface area contributed by atoms with Gasteiger partial charge < -0.3 is 4.48 Å². The summed E-state index contributed by atoms with van der Waals surface area (Å²) in [6.45, 7) is 0.974. The minimum Gasteiger partial charge on any atom is -0.331 e. The maximum absolute atomic E-state index is 13.5. The zero-order valence-corrected chi connectivity index (χ0v) is 17.2. The number of rotatable bonds is 14. The fourth-order valence-corrected chi connectivity index (χ4v) is 2.76. The number of hydrogen-bond donors (Lipinski definition) is 0. The van der Waals surface area contributed by atoms with Gasteiger partial charge in [-0.3, -0.25) is 0 Å². The first-order valence-electron chi connectivity index (χ1n) is 9.59. The average molecular weight is 468 g/mol. The molecule has 0 aliphatic carbocycles. The Kier molecular flexibility index (Phi) is 9.93. The highest BCUT2D eigenvalue weighted by atomic mass is 19.4. The second kappa shape index (κ2) is 10.2. The Bertz CT molecular complexity index is 507. The van der Waals surface area contributed by atoms with Gasteiger partial charge in [-0.05, 0) is 19.3 Å². The topological polar surface area (TPSA) is 0 Å². The first-order chi connectivity index (χ1) is 13.2. The van der Waals surface area contributed by atoms with Gasteiger partial charge in [-0.1, -0.05) is 32.1 Å². The summed E-state index contributed by atoms with van der Waals surface area (Å²) >= 11 is 0. The summed E-state index contributed by atoms with van der Waals surface area (Å²) in [5.74, 6) is -27.2. The summed E-state index contributed by atoms with van der Waals surface area (Å²) in [5, 5.41) is 0. The molecule has 0 aliphatic heterocycles. The van der Waals surface area contributed by atoms with Crippen molar-refractivity contribution >= 4 is 0 Å². The predicted octanol–water partition coefficient (Wildman–Crippen LogP) is 7.31. The number of nitrogens with zero attached hydrogens (tertiary/aromatic N) is 1. The predicted molar refractivity (Wildman–Crippen MR) is 90.3 cm³/mol. The van der Waals surface area contributed by atoms with E-state index in [0.29, 0.717) is 12.8 Å². The normalized spacial score (nSPS) is 15.0. The van der Waals surface area contributed by atoms with E-state index in [-0.39, 0.29) is 6.42 Å². The summed E-state index contributed by atoms with van der Waals surface area (Å²) < 4.78 is 142. The van der Waals surface area contributed by atoms with Gasteiger partial charge in [0.25, 0.3) is 0 Å². The van der Waals surface area contributed by atoms with Crippen molar-refractivity contribution in [1.29, 1.82) is 0 Å². The van der Waals surface area contributed by atoms with Crippen LogP contribution in [0.2, 0.25) is 0 Å². The SMILES string of the molecule is C[N+](C)(C)CCCCCCCCCCC(F)(F)C(F)(F)C(F)(F)C(F)(F)C(F)(F)F. The van der Waals surface area contributed by atoms with Crippen LogP contribution in [0.4, 0.5) is 48.3 Å². The molecule has 0 aromatic heterocycles. The highest BCUT2D eigenvalue weighted by Crippen LogP contribution is 2.58. The monoisotopic (exact) mass is 468 g/mol. The Morgan fingerprint density at radius 2 is 0.833 bits per heavy atom. The van der Waals surface area contributed by atoms with Crippen molar-refractivity contribution in [2.24, 2.45) is 0 Å². The van der Waals surface area contributed by atoms with Gasteiger partial charge in [0.1, 0.15) is 0 Å². The van der Waals surface area contributed by atoms with Crippen molar-refractivity contribution < 1.29 is 52.8 Å². The van der Waals surface area contributed by atoms with Crippen molar-refractivity contribution in [1.82, 2.24) is 0 Å². The van der Waals surface area contributed by atoms with Crippen LogP contribution < -0.4 is 0 Å². The quantitative estimate of drug-likeness (QED) is 0.143. The van der Waals surface area contributed by atoms with E-state index in [1.165, 1.54) is 0 Å². The first-order valence-corrected chi connectivity index (χ1v) is 9.59. The second-order valence-corrected chi connectivity index (χ2v) is 8.52. The molecule has 0 amide bonds. The lowest BCUT2D eigenvalue weighted by Crippen LogP contribution is -2.66. The third-order valence-corrected chi connectivity index (χ3v) is 4.67. The maximum Gasteiger partial charge on any atom is 0.460 e. The second-order valence-electron chi connectivity index (χ2n) is 8.52. The molecule has 182 valence electrons. The first kappa shape index (κ1) is 29.2. The summed E-state index contributed by atoms with van der Waals surface area (Å²) in [4.78, 5) is 0. The van der Waals surface area contributed by atoms with Crippen LogP contribution in [0.15, 0.2) is 0 Å². The fraction of sp³-hybridized carbons (Fsp3) is 1.00. The summed E-state index contributed by atoms with van der Waals surface area (Å²) in [5.41, 5.74) is 0. The number of quaternary nitrogens is 1. The van der Waals surface area contributed by atoms with E-state index in [1.54, 1.807) is 0 Å². The molecule has 30 heavy (non-hydrogen) atoms. The van der Waals surface area contributed by atoms with Crippen LogP contribution in [-0.2, 0) is 0 Å². The standard InChI is InChI=1S/C18H29F11N/c1-30(2,3)13-11-9-7-5-4-6-8-10-12-14(19,20)15(21,22)16(23,24)17(25,26)18(27,28)29/h4-13H2,1-3H3/q+1. The van der Waals surface area contributed by atoms with Crippen LogP contribution in [0.5, 0.6) is 0 Å². The van der Waals surface area contributed by atoms with E-state index in [9.17, 15) is 48.3 Å². The van der Waals surface area contributed by atoms with E-state index in [0.717, 1.165) is 36.7 Å². The molecule has 0 aromatic carbocycles. The van der Waals surface area contributed by atoms with Crippen molar-refractivity contribution in [2.45, 2.75) is 87.7 Å². The van der Waals surface area contributed by atoms with Crippen LogP contribution in [0.25, 0.3) is 0 Å². The molecule has 0 spiro atoms. The van der Waals surface area contributed by atoms with E-state index >= 15 is 0 Å². The minimum absolute atomic E-state index is 0.0637. The van der Waals surface area contributed by atoms with Crippen molar-refractivity contribution in [2.75, 3.05) is 27.7 Å². The number of hydrogen-bond acceptors (Lipinski definition) is 0. The molecule has 12 heteroatoms. The van der Waals surface area contributed by atoms with E-state index in [1.807, 2.05) is 21.1 Å². The van der Waals surface area contributed by atoms with Crippen molar-refractivity contribution in [3.63, 3.8) is 0 Å². The van der Waals surface area contributed by atoms with E-state index in [2.05, 4.69) is 0 Å². The summed E-state index contributed by atoms with van der Waals surface area (Å²) in [6.07, 6.45) is -5.35. The van der Waals surface area contributed by atoms with E-state index < -0.39 is 42.7 Å². The molecule has 0 saturated carbocycles. The number of halogens is 11. The van der Waals surface area contributed by atoms with Gasteiger partial charge in [-0.25, -0.2) is 0 Å². The molecule has 0 atom stereocenters. The Balaban J connectivity index is 4.48. The summed E-state index contributed by atoms with van der Waals surface area (Å²) in [7, 11) is 6.12. The molecule has 1 nitrogen and oxygen atoms in total. The zero-order chi connectivity index (χ0) is 24.1. The van der Waals surface area contributed by atoms with Gasteiger partial charge in [0.05, 0.1) is 27.7 Å². The van der Waals surface area contributed by atoms with Crippen LogP contribution in [0.1, 0.15) is 57.8 Å². The molecule has 0 saturated heterocycles. The van der Waals surface area contributed by atoms with Crippen LogP contribution in [-0.4, -0.2) is 62.0 Å². The minimum atomic E-state index is -7.31. The molecular formula is C18H29F11N+. The highest BCUT2D eigenvalue weighted by Gasteiger charge is 2.86. The van der Waals surface area contributed by atoms with Gasteiger partial charge >= 0.3 is 29.9 Å². The lowest BCUT2D eigenvalue weighted by Gasteiger charge is -2.37. The smallest absolute Gasteiger partial charge is 0.331 e.